The first kappa shape index (κ1) is 16.9. The van der Waals surface area contributed by atoms with E-state index in [1.54, 1.807) is 16.8 Å². The molecule has 3 N–H and O–H groups in total. The van der Waals surface area contributed by atoms with E-state index in [0.29, 0.717) is 29.7 Å². The fraction of sp³-hybridized carbons (Fsp3) is 0.471. The van der Waals surface area contributed by atoms with Gasteiger partial charge in [-0.2, -0.15) is 19.6 Å². The SMILES string of the molecule is O=c1[nH]c(O)c(C=c2cnn3c(=NC4CC4)nc(OC4CCOCC4)nc23)[nH]1. The van der Waals surface area contributed by atoms with Crippen molar-refractivity contribution in [3.05, 3.63) is 33.2 Å². The summed E-state index contributed by atoms with van der Waals surface area (Å²) in [6.45, 7) is 1.30. The Labute approximate surface area is 157 Å². The predicted octanol–water partition coefficient (Wildman–Crippen LogP) is -0.985. The molecule has 0 radical (unpaired) electrons. The van der Waals surface area contributed by atoms with Crippen LogP contribution in [0.15, 0.2) is 16.0 Å². The van der Waals surface area contributed by atoms with E-state index in [1.807, 2.05) is 0 Å². The fourth-order valence-corrected chi connectivity index (χ4v) is 3.06. The Morgan fingerprint density at radius 3 is 2.79 bits per heavy atom. The second-order valence-electron chi connectivity index (χ2n) is 6.92. The highest BCUT2D eigenvalue weighted by Gasteiger charge is 2.22. The molecule has 11 nitrogen and oxygen atoms in total. The van der Waals surface area contributed by atoms with E-state index in [4.69, 9.17) is 9.47 Å². The monoisotopic (exact) mass is 385 g/mol. The number of fused-ring (bicyclic) bond motifs is 1. The van der Waals surface area contributed by atoms with Crippen LogP contribution in [0.3, 0.4) is 0 Å². The van der Waals surface area contributed by atoms with Crippen LogP contribution in [0, 0.1) is 0 Å². The van der Waals surface area contributed by atoms with Crippen LogP contribution in [0.4, 0.5) is 0 Å². The Kier molecular flexibility index (Phi) is 4.08. The molecule has 2 aliphatic rings. The minimum Gasteiger partial charge on any atom is -0.493 e. The van der Waals surface area contributed by atoms with E-state index in [-0.39, 0.29) is 29.7 Å². The van der Waals surface area contributed by atoms with Gasteiger partial charge in [0.2, 0.25) is 5.88 Å². The van der Waals surface area contributed by atoms with E-state index in [1.165, 1.54) is 0 Å². The molecule has 1 saturated heterocycles. The molecule has 28 heavy (non-hydrogen) atoms. The standard InChI is InChI=1S/C17H19N7O4/c25-14-12(20-16(26)22-14)7-9-8-18-24-13(9)21-17(23-15(24)19-10-1-2-10)28-11-3-5-27-6-4-11/h7-8,10-11,25H,1-6H2,(H2,20,22,26). The van der Waals surface area contributed by atoms with Crippen molar-refractivity contribution < 1.29 is 14.6 Å². The van der Waals surface area contributed by atoms with Crippen LogP contribution in [0.2, 0.25) is 0 Å². The first-order valence-corrected chi connectivity index (χ1v) is 9.23. The molecular weight excluding hydrogens is 366 g/mol. The van der Waals surface area contributed by atoms with E-state index >= 15 is 0 Å². The van der Waals surface area contributed by atoms with Crippen molar-refractivity contribution in [1.29, 1.82) is 0 Å². The lowest BCUT2D eigenvalue weighted by Gasteiger charge is -2.21. The van der Waals surface area contributed by atoms with E-state index in [2.05, 4.69) is 30.0 Å². The Balaban J connectivity index is 1.63. The number of ether oxygens (including phenoxy) is 2. The Bertz CT molecular complexity index is 1180. The average molecular weight is 385 g/mol. The quantitative estimate of drug-likeness (QED) is 0.523. The highest BCUT2D eigenvalue weighted by Crippen LogP contribution is 2.22. The third-order valence-electron chi connectivity index (χ3n) is 4.68. The summed E-state index contributed by atoms with van der Waals surface area (Å²) >= 11 is 0. The smallest absolute Gasteiger partial charge is 0.326 e. The minimum absolute atomic E-state index is 0.00889. The highest BCUT2D eigenvalue weighted by atomic mass is 16.5. The van der Waals surface area contributed by atoms with Gasteiger partial charge in [-0.15, -0.1) is 0 Å². The summed E-state index contributed by atoms with van der Waals surface area (Å²) in [7, 11) is 0. The van der Waals surface area contributed by atoms with Crippen molar-refractivity contribution in [2.75, 3.05) is 13.2 Å². The molecule has 0 bridgehead atoms. The molecule has 0 atom stereocenters. The van der Waals surface area contributed by atoms with Crippen LogP contribution < -0.4 is 21.3 Å². The number of aromatic hydroxyl groups is 1. The molecule has 0 spiro atoms. The molecule has 3 aromatic heterocycles. The highest BCUT2D eigenvalue weighted by molar-refractivity contribution is 5.56. The van der Waals surface area contributed by atoms with Gasteiger partial charge in [0.25, 0.3) is 5.62 Å². The summed E-state index contributed by atoms with van der Waals surface area (Å²) in [5, 5.41) is 14.7. The topological polar surface area (TPSA) is 143 Å². The summed E-state index contributed by atoms with van der Waals surface area (Å²) in [6.07, 6.45) is 6.77. The second-order valence-corrected chi connectivity index (χ2v) is 6.92. The second kappa shape index (κ2) is 6.75. The molecule has 1 aliphatic carbocycles. The van der Waals surface area contributed by atoms with Crippen molar-refractivity contribution >= 4 is 11.7 Å². The number of aromatic nitrogens is 6. The fourth-order valence-electron chi connectivity index (χ4n) is 3.06. The Morgan fingerprint density at radius 2 is 2.07 bits per heavy atom. The number of nitrogens with one attached hydrogen (secondary N) is 2. The molecule has 0 aromatic carbocycles. The number of imidazole rings is 1. The van der Waals surface area contributed by atoms with Gasteiger partial charge >= 0.3 is 11.7 Å². The summed E-state index contributed by atoms with van der Waals surface area (Å²) < 4.78 is 12.9. The van der Waals surface area contributed by atoms with Crippen LogP contribution in [0.1, 0.15) is 31.4 Å². The summed E-state index contributed by atoms with van der Waals surface area (Å²) in [5.74, 6) is -0.250. The zero-order valence-corrected chi connectivity index (χ0v) is 15.0. The summed E-state index contributed by atoms with van der Waals surface area (Å²) in [4.78, 5) is 29.7. The maximum absolute atomic E-state index is 11.4. The van der Waals surface area contributed by atoms with Crippen molar-refractivity contribution in [2.45, 2.75) is 37.8 Å². The summed E-state index contributed by atoms with van der Waals surface area (Å²) in [6, 6.07) is 0.483. The first-order chi connectivity index (χ1) is 13.7. The van der Waals surface area contributed by atoms with Crippen LogP contribution in [-0.4, -0.2) is 60.0 Å². The molecule has 3 aromatic rings. The maximum Gasteiger partial charge on any atom is 0.326 e. The van der Waals surface area contributed by atoms with Gasteiger partial charge in [-0.3, -0.25) is 4.98 Å². The van der Waals surface area contributed by atoms with Gasteiger partial charge in [-0.25, -0.2) is 9.79 Å². The lowest BCUT2D eigenvalue weighted by Crippen LogP contribution is -2.29. The number of H-pyrrole nitrogens is 2. The predicted molar refractivity (Wildman–Crippen MR) is 95.7 cm³/mol. The van der Waals surface area contributed by atoms with Crippen molar-refractivity contribution in [2.24, 2.45) is 4.99 Å². The number of rotatable bonds is 4. The van der Waals surface area contributed by atoms with Gasteiger partial charge in [0.15, 0.2) is 5.65 Å². The molecule has 1 saturated carbocycles. The maximum atomic E-state index is 11.4. The third-order valence-corrected chi connectivity index (χ3v) is 4.68. The van der Waals surface area contributed by atoms with Crippen molar-refractivity contribution in [3.63, 3.8) is 0 Å². The van der Waals surface area contributed by atoms with Crippen LogP contribution >= 0.6 is 0 Å². The van der Waals surface area contributed by atoms with Gasteiger partial charge in [0, 0.05) is 18.1 Å². The molecule has 146 valence electrons. The molecule has 0 amide bonds. The Hall–Kier alpha value is -3.21. The Morgan fingerprint density at radius 1 is 1.25 bits per heavy atom. The van der Waals surface area contributed by atoms with E-state index < -0.39 is 5.69 Å². The zero-order chi connectivity index (χ0) is 19.1. The van der Waals surface area contributed by atoms with Gasteiger partial charge in [-0.05, 0) is 18.9 Å². The molecule has 2 fully saturated rings. The lowest BCUT2D eigenvalue weighted by molar-refractivity contribution is 0.0215. The van der Waals surface area contributed by atoms with Gasteiger partial charge < -0.3 is 19.6 Å². The number of hydrogen-bond donors (Lipinski definition) is 3. The van der Waals surface area contributed by atoms with Crippen LogP contribution in [-0.2, 0) is 4.74 Å². The molecule has 1 aliphatic heterocycles. The number of aromatic amines is 2. The number of nitrogens with zero attached hydrogens (tertiary/aromatic N) is 5. The molecular formula is C17H19N7O4. The van der Waals surface area contributed by atoms with Crippen molar-refractivity contribution in [1.82, 2.24) is 29.5 Å². The first-order valence-electron chi connectivity index (χ1n) is 9.23. The number of hydrogen-bond acceptors (Lipinski definition) is 8. The van der Waals surface area contributed by atoms with Gasteiger partial charge in [0.05, 0.1) is 25.5 Å². The molecule has 0 unspecified atom stereocenters. The molecule has 5 rings (SSSR count). The molecule has 11 heteroatoms. The normalized spacial score (nSPS) is 19.6. The van der Waals surface area contributed by atoms with Gasteiger partial charge in [-0.1, -0.05) is 0 Å². The third kappa shape index (κ3) is 3.36. The molecule has 4 heterocycles. The minimum atomic E-state index is -0.497. The largest absolute Gasteiger partial charge is 0.493 e. The van der Waals surface area contributed by atoms with Crippen LogP contribution in [0.25, 0.3) is 11.7 Å². The summed E-state index contributed by atoms with van der Waals surface area (Å²) in [5.41, 5.74) is 0.660. The van der Waals surface area contributed by atoms with Crippen molar-refractivity contribution in [3.8, 4) is 11.9 Å². The average Bonchev–Trinajstić information content (AvgIpc) is 3.32. The zero-order valence-electron chi connectivity index (χ0n) is 15.0. The van der Waals surface area contributed by atoms with E-state index in [0.717, 1.165) is 25.7 Å². The lowest BCUT2D eigenvalue weighted by atomic mass is 10.2. The van der Waals surface area contributed by atoms with Gasteiger partial charge in [0.1, 0.15) is 11.8 Å². The van der Waals surface area contributed by atoms with Crippen LogP contribution in [0.5, 0.6) is 11.9 Å². The van der Waals surface area contributed by atoms with E-state index in [9.17, 15) is 9.90 Å².